The minimum absolute atomic E-state index is 0.0815. The molecule has 0 spiro atoms. The fourth-order valence-electron chi connectivity index (χ4n) is 7.43. The van der Waals surface area contributed by atoms with Gasteiger partial charge in [-0.25, -0.2) is 4.79 Å². The molecule has 0 aromatic rings. The van der Waals surface area contributed by atoms with Gasteiger partial charge in [-0.2, -0.15) is 0 Å². The first-order valence-corrected chi connectivity index (χ1v) is 11.9. The van der Waals surface area contributed by atoms with Crippen LogP contribution in [0.1, 0.15) is 66.2 Å². The van der Waals surface area contributed by atoms with Gasteiger partial charge in [0.2, 0.25) is 0 Å². The van der Waals surface area contributed by atoms with Crippen molar-refractivity contribution in [2.24, 2.45) is 34.5 Å². The van der Waals surface area contributed by atoms with Crippen molar-refractivity contribution in [2.45, 2.75) is 96.2 Å². The molecule has 10 atom stereocenters. The molecule has 0 bridgehead atoms. The highest BCUT2D eigenvalue weighted by Gasteiger charge is 2.63. The van der Waals surface area contributed by atoms with Gasteiger partial charge in [0.15, 0.2) is 6.10 Å². The van der Waals surface area contributed by atoms with Gasteiger partial charge in [-0.15, -0.1) is 0 Å². The van der Waals surface area contributed by atoms with Crippen molar-refractivity contribution >= 4 is 11.9 Å². The van der Waals surface area contributed by atoms with Crippen LogP contribution in [0, 0.1) is 34.5 Å². The smallest absolute Gasteiger partial charge is 0.338 e. The maximum atomic E-state index is 12.9. The molecule has 4 fully saturated rings. The lowest BCUT2D eigenvalue weighted by atomic mass is 9.49. The summed E-state index contributed by atoms with van der Waals surface area (Å²) < 4.78 is 11.5. The predicted octanol–water partition coefficient (Wildman–Crippen LogP) is 1.17. The first-order chi connectivity index (χ1) is 14.8. The standard InChI is InChI=1S/C24H38O8/c1-22(2,30)19(27)21(29)32-18-6-5-13-12-11-31-20(28)15-9-16(25)17(26)10-24(15,4)14(12)7-8-23(13,18)3/h12-19,25-27,30H,5-11H2,1-4H3/t12-,13-,14-,15+,16-,17+,18-,19-,23-,24+/m0/s1. The molecule has 0 radical (unpaired) electrons. The summed E-state index contributed by atoms with van der Waals surface area (Å²) >= 11 is 0. The van der Waals surface area contributed by atoms with Gasteiger partial charge in [0.25, 0.3) is 0 Å². The summed E-state index contributed by atoms with van der Waals surface area (Å²) in [6.45, 7) is 7.22. The van der Waals surface area contributed by atoms with Gasteiger partial charge in [0.1, 0.15) is 6.10 Å². The molecular weight excluding hydrogens is 416 g/mol. The quantitative estimate of drug-likeness (QED) is 0.467. The zero-order valence-corrected chi connectivity index (χ0v) is 19.5. The Hall–Kier alpha value is -1.22. The molecule has 4 aliphatic rings. The van der Waals surface area contributed by atoms with E-state index >= 15 is 0 Å². The van der Waals surface area contributed by atoms with Gasteiger partial charge in [-0.3, -0.25) is 4.79 Å². The molecular formula is C24H38O8. The van der Waals surface area contributed by atoms with E-state index in [4.69, 9.17) is 9.47 Å². The van der Waals surface area contributed by atoms with Crippen LogP contribution in [-0.2, 0) is 19.1 Å². The van der Waals surface area contributed by atoms with Crippen LogP contribution in [0.3, 0.4) is 0 Å². The lowest BCUT2D eigenvalue weighted by Crippen LogP contribution is -2.55. The van der Waals surface area contributed by atoms with Crippen molar-refractivity contribution in [1.29, 1.82) is 0 Å². The Morgan fingerprint density at radius 3 is 2.44 bits per heavy atom. The SMILES string of the molecule is CC(C)(O)[C@@H](O)C(=O)O[C@H]1CC[C@H]2[C@@H]3COC(=O)[C@H]4C[C@H](O)[C@H](O)C[C@]4(C)[C@H]3CC[C@]12C. The Morgan fingerprint density at radius 1 is 1.12 bits per heavy atom. The fraction of sp³-hybridized carbons (Fsp3) is 0.917. The molecule has 32 heavy (non-hydrogen) atoms. The van der Waals surface area contributed by atoms with E-state index < -0.39 is 41.2 Å². The van der Waals surface area contributed by atoms with Crippen molar-refractivity contribution in [2.75, 3.05) is 6.61 Å². The molecule has 0 amide bonds. The number of hydrogen-bond donors (Lipinski definition) is 4. The van der Waals surface area contributed by atoms with E-state index in [0.717, 1.165) is 19.3 Å². The zero-order valence-electron chi connectivity index (χ0n) is 19.5. The number of rotatable bonds is 3. The second-order valence-corrected chi connectivity index (χ2v) is 11.7. The minimum Gasteiger partial charge on any atom is -0.465 e. The number of aliphatic hydroxyl groups excluding tert-OH is 3. The molecule has 4 rings (SSSR count). The fourth-order valence-corrected chi connectivity index (χ4v) is 7.43. The largest absolute Gasteiger partial charge is 0.465 e. The summed E-state index contributed by atoms with van der Waals surface area (Å²) in [7, 11) is 0. The highest BCUT2D eigenvalue weighted by atomic mass is 16.6. The minimum atomic E-state index is -1.62. The van der Waals surface area contributed by atoms with Crippen LogP contribution in [-0.4, -0.2) is 69.0 Å². The number of fused-ring (bicyclic) bond motifs is 5. The molecule has 1 aliphatic heterocycles. The maximum absolute atomic E-state index is 12.9. The first kappa shape index (κ1) is 23.9. The Kier molecular flexibility index (Phi) is 5.93. The van der Waals surface area contributed by atoms with Gasteiger partial charge in [-0.05, 0) is 75.5 Å². The van der Waals surface area contributed by atoms with E-state index in [1.165, 1.54) is 13.8 Å². The highest BCUT2D eigenvalue weighted by molar-refractivity contribution is 5.76. The Bertz CT molecular complexity index is 762. The third-order valence-electron chi connectivity index (χ3n) is 9.42. The number of carbonyl (C=O) groups excluding carboxylic acids is 2. The lowest BCUT2D eigenvalue weighted by molar-refractivity contribution is -0.181. The normalized spacial score (nSPS) is 47.4. The number of ether oxygens (including phenoxy) is 2. The molecule has 0 unspecified atom stereocenters. The molecule has 0 aromatic heterocycles. The summed E-state index contributed by atoms with van der Waals surface area (Å²) in [5, 5.41) is 40.8. The second-order valence-electron chi connectivity index (χ2n) is 11.7. The zero-order chi connectivity index (χ0) is 23.6. The third-order valence-corrected chi connectivity index (χ3v) is 9.42. The topological polar surface area (TPSA) is 134 Å². The van der Waals surface area contributed by atoms with Gasteiger partial charge in [0.05, 0.1) is 30.3 Å². The van der Waals surface area contributed by atoms with E-state index in [1.807, 2.05) is 0 Å². The summed E-state index contributed by atoms with van der Waals surface area (Å²) in [5.74, 6) is -1.12. The number of cyclic esters (lactones) is 1. The maximum Gasteiger partial charge on any atom is 0.338 e. The highest BCUT2D eigenvalue weighted by Crippen LogP contribution is 2.63. The van der Waals surface area contributed by atoms with E-state index in [-0.39, 0.29) is 41.7 Å². The van der Waals surface area contributed by atoms with Gasteiger partial charge >= 0.3 is 11.9 Å². The van der Waals surface area contributed by atoms with Crippen LogP contribution < -0.4 is 0 Å². The predicted molar refractivity (Wildman–Crippen MR) is 113 cm³/mol. The van der Waals surface area contributed by atoms with Crippen LogP contribution in [0.2, 0.25) is 0 Å². The number of aliphatic hydroxyl groups is 4. The summed E-state index contributed by atoms with van der Waals surface area (Å²) in [6.07, 6.45) is -0.0843. The van der Waals surface area contributed by atoms with Crippen molar-refractivity contribution < 1.29 is 39.5 Å². The van der Waals surface area contributed by atoms with Crippen LogP contribution in [0.5, 0.6) is 0 Å². The summed E-state index contributed by atoms with van der Waals surface area (Å²) in [4.78, 5) is 25.4. The Labute approximate surface area is 189 Å². The van der Waals surface area contributed by atoms with E-state index in [1.54, 1.807) is 0 Å². The number of esters is 2. The van der Waals surface area contributed by atoms with Crippen LogP contribution in [0.25, 0.3) is 0 Å². The average molecular weight is 455 g/mol. The Balaban J connectivity index is 1.57. The van der Waals surface area contributed by atoms with Crippen molar-refractivity contribution in [3.63, 3.8) is 0 Å². The molecule has 1 saturated heterocycles. The van der Waals surface area contributed by atoms with E-state index in [2.05, 4.69) is 13.8 Å². The van der Waals surface area contributed by atoms with Crippen molar-refractivity contribution in [3.05, 3.63) is 0 Å². The van der Waals surface area contributed by atoms with Crippen LogP contribution in [0.15, 0.2) is 0 Å². The number of carbonyl (C=O) groups is 2. The lowest BCUT2D eigenvalue weighted by Gasteiger charge is -2.55. The molecule has 1 heterocycles. The number of hydrogen-bond acceptors (Lipinski definition) is 8. The second kappa shape index (κ2) is 7.93. The summed E-state index contributed by atoms with van der Waals surface area (Å²) in [6, 6.07) is 0. The van der Waals surface area contributed by atoms with Crippen molar-refractivity contribution in [3.8, 4) is 0 Å². The molecule has 4 N–H and O–H groups in total. The average Bonchev–Trinajstić information content (AvgIpc) is 2.98. The van der Waals surface area contributed by atoms with E-state index in [0.29, 0.717) is 19.4 Å². The molecule has 3 saturated carbocycles. The summed E-state index contributed by atoms with van der Waals surface area (Å²) in [5.41, 5.74) is -2.35. The molecule has 182 valence electrons. The first-order valence-electron chi connectivity index (χ1n) is 11.9. The third kappa shape index (κ3) is 3.67. The molecule has 8 nitrogen and oxygen atoms in total. The Morgan fingerprint density at radius 2 is 1.78 bits per heavy atom. The van der Waals surface area contributed by atoms with Gasteiger partial charge in [-0.1, -0.05) is 13.8 Å². The monoisotopic (exact) mass is 454 g/mol. The van der Waals surface area contributed by atoms with Crippen LogP contribution in [0.4, 0.5) is 0 Å². The molecule has 8 heteroatoms. The van der Waals surface area contributed by atoms with Crippen LogP contribution >= 0.6 is 0 Å². The van der Waals surface area contributed by atoms with E-state index in [9.17, 15) is 30.0 Å². The molecule has 0 aromatic carbocycles. The molecule has 3 aliphatic carbocycles. The van der Waals surface area contributed by atoms with Gasteiger partial charge < -0.3 is 29.9 Å². The van der Waals surface area contributed by atoms with Crippen molar-refractivity contribution in [1.82, 2.24) is 0 Å². The van der Waals surface area contributed by atoms with Gasteiger partial charge in [0, 0.05) is 5.41 Å².